The predicted octanol–water partition coefficient (Wildman–Crippen LogP) is 1.91. The van der Waals surface area contributed by atoms with Gasteiger partial charge in [0, 0.05) is 0 Å². The fraction of sp³-hybridized carbons (Fsp3) is 0. The molecule has 0 rings (SSSR count). The fourth-order valence-corrected chi connectivity index (χ4v) is 0. The second-order valence-corrected chi connectivity index (χ2v) is 0. The van der Waals surface area contributed by atoms with Crippen molar-refractivity contribution in [3.63, 3.8) is 0 Å². The predicted molar refractivity (Wildman–Crippen MR) is 59.3 cm³/mol. The molecule has 0 aromatic heterocycles. The Kier molecular flexibility index (Phi) is 125000. The van der Waals surface area contributed by atoms with Crippen molar-refractivity contribution >= 4 is 37.7 Å². The molecule has 0 aliphatic heterocycles. The molecule has 0 saturated heterocycles. The second-order valence-electron chi connectivity index (χ2n) is 0. The molecule has 0 N–H and O–H groups in total. The van der Waals surface area contributed by atoms with E-state index in [-0.39, 0.29) is 37.7 Å². The molecular formula is C8H18Li2. The average Bonchev–Trinajstić information content (AvgIpc) is 2.03. The zero-order valence-corrected chi connectivity index (χ0v) is 5.66. The van der Waals surface area contributed by atoms with E-state index >= 15 is 0 Å². The fourth-order valence-electron chi connectivity index (χ4n) is 0. The summed E-state index contributed by atoms with van der Waals surface area (Å²) in [6, 6.07) is 0. The summed E-state index contributed by atoms with van der Waals surface area (Å²) in [6.45, 7) is 24.0. The van der Waals surface area contributed by atoms with Crippen LogP contribution < -0.4 is 0 Å². The molecule has 0 unspecified atom stereocenters. The van der Waals surface area contributed by atoms with Crippen LogP contribution in [-0.4, -0.2) is 37.7 Å². The Morgan fingerprint density at radius 2 is 0.300 bits per heavy atom. The van der Waals surface area contributed by atoms with Crippen LogP contribution in [0.4, 0.5) is 0 Å². The van der Waals surface area contributed by atoms with Crippen molar-refractivity contribution in [1.82, 2.24) is 0 Å². The van der Waals surface area contributed by atoms with Crippen molar-refractivity contribution in [3.05, 3.63) is 52.6 Å². The van der Waals surface area contributed by atoms with Gasteiger partial charge in [-0.05, 0) is 0 Å². The third-order valence-electron chi connectivity index (χ3n) is 0. The molecule has 0 aromatic rings. The minimum absolute atomic E-state index is 0. The summed E-state index contributed by atoms with van der Waals surface area (Å²) in [5, 5.41) is 0. The van der Waals surface area contributed by atoms with E-state index in [1.54, 1.807) is 0 Å². The number of hydrogen-bond acceptors (Lipinski definition) is 0. The van der Waals surface area contributed by atoms with E-state index < -0.39 is 0 Å². The first-order valence-corrected chi connectivity index (χ1v) is 2.00. The normalized spacial score (nSPS) is 1.60. The topological polar surface area (TPSA) is 0 Å². The van der Waals surface area contributed by atoms with Crippen molar-refractivity contribution in [2.45, 2.75) is 0 Å². The van der Waals surface area contributed by atoms with Crippen LogP contribution in [0.15, 0.2) is 52.6 Å². The molecule has 0 fully saturated rings. The maximum atomic E-state index is 3.00. The molecular weight excluding hydrogens is 110 g/mol. The van der Waals surface area contributed by atoms with Crippen LogP contribution in [0.1, 0.15) is 0 Å². The van der Waals surface area contributed by atoms with Gasteiger partial charge in [-0.15, -0.1) is 52.6 Å². The van der Waals surface area contributed by atoms with Gasteiger partial charge in [0.15, 0.2) is 0 Å². The third-order valence-corrected chi connectivity index (χ3v) is 0. The Morgan fingerprint density at radius 3 is 0.300 bits per heavy atom. The van der Waals surface area contributed by atoms with Gasteiger partial charge < -0.3 is 0 Å². The van der Waals surface area contributed by atoms with Crippen molar-refractivity contribution < 1.29 is 0 Å². The molecule has 0 aliphatic carbocycles. The number of rotatable bonds is 0. The summed E-state index contributed by atoms with van der Waals surface area (Å²) < 4.78 is 0. The Labute approximate surface area is 90.1 Å². The first-order valence-electron chi connectivity index (χ1n) is 2.00. The first-order chi connectivity index (χ1) is 4.00. The van der Waals surface area contributed by atoms with E-state index in [1.807, 2.05) is 0 Å². The van der Waals surface area contributed by atoms with Gasteiger partial charge in [-0.2, -0.15) is 0 Å². The standard InChI is InChI=1S/4C2H4.2Li.2H/c4*1-2;;;;/h4*1-2H2;;;;. The van der Waals surface area contributed by atoms with Gasteiger partial charge in [-0.25, -0.2) is 0 Å². The van der Waals surface area contributed by atoms with E-state index in [4.69, 9.17) is 0 Å². The van der Waals surface area contributed by atoms with Gasteiger partial charge in [0.1, 0.15) is 0 Å². The number of hydrogen-bond donors (Lipinski definition) is 0. The van der Waals surface area contributed by atoms with Crippen molar-refractivity contribution in [3.8, 4) is 0 Å². The molecule has 0 bridgehead atoms. The Morgan fingerprint density at radius 1 is 0.300 bits per heavy atom. The second kappa shape index (κ2) is 25400. The van der Waals surface area contributed by atoms with Gasteiger partial charge in [-0.3, -0.25) is 0 Å². The molecule has 0 heterocycles. The Bertz CT molecular complexity index is 15.2. The molecule has 0 atom stereocenters. The van der Waals surface area contributed by atoms with E-state index in [2.05, 4.69) is 52.6 Å². The van der Waals surface area contributed by atoms with Crippen molar-refractivity contribution in [1.29, 1.82) is 0 Å². The van der Waals surface area contributed by atoms with Crippen LogP contribution in [0.25, 0.3) is 0 Å². The summed E-state index contributed by atoms with van der Waals surface area (Å²) in [7, 11) is 0. The Hall–Kier alpha value is 0.155. The Balaban J connectivity index is -0.00000000500. The molecule has 0 spiro atoms. The van der Waals surface area contributed by atoms with Crippen LogP contribution in [0, 0.1) is 0 Å². The van der Waals surface area contributed by atoms with E-state index in [0.717, 1.165) is 0 Å². The van der Waals surface area contributed by atoms with Gasteiger partial charge in [0.25, 0.3) is 0 Å². The summed E-state index contributed by atoms with van der Waals surface area (Å²) >= 11 is 0. The zero-order chi connectivity index (χ0) is 8.00. The van der Waals surface area contributed by atoms with E-state index in [9.17, 15) is 0 Å². The SMILES string of the molecule is C=C.C=C.C=C.C=C.[LiH].[LiH]. The quantitative estimate of drug-likeness (QED) is 0.345. The summed E-state index contributed by atoms with van der Waals surface area (Å²) in [5.41, 5.74) is 0. The van der Waals surface area contributed by atoms with Crippen molar-refractivity contribution in [2.24, 2.45) is 0 Å². The van der Waals surface area contributed by atoms with Crippen LogP contribution >= 0.6 is 0 Å². The molecule has 0 aromatic carbocycles. The van der Waals surface area contributed by atoms with Gasteiger partial charge in [0.05, 0.1) is 0 Å². The summed E-state index contributed by atoms with van der Waals surface area (Å²) in [6.07, 6.45) is 0. The first kappa shape index (κ1) is 49.3. The van der Waals surface area contributed by atoms with E-state index in [0.29, 0.717) is 0 Å². The van der Waals surface area contributed by atoms with Crippen LogP contribution in [0.3, 0.4) is 0 Å². The van der Waals surface area contributed by atoms with Crippen LogP contribution in [0.2, 0.25) is 0 Å². The zero-order valence-electron chi connectivity index (χ0n) is 5.66. The van der Waals surface area contributed by atoms with Gasteiger partial charge in [-0.1, -0.05) is 0 Å². The minimum atomic E-state index is 0. The monoisotopic (exact) mass is 128 g/mol. The van der Waals surface area contributed by atoms with Gasteiger partial charge >= 0.3 is 37.7 Å². The molecule has 0 radical (unpaired) electrons. The third kappa shape index (κ3) is 17400. The molecule has 10 heavy (non-hydrogen) atoms. The molecule has 2 heteroatoms. The molecule has 0 amide bonds. The summed E-state index contributed by atoms with van der Waals surface area (Å²) in [4.78, 5) is 0. The summed E-state index contributed by atoms with van der Waals surface area (Å²) in [5.74, 6) is 0. The maximum absolute atomic E-state index is 3.00. The molecule has 0 aliphatic rings. The average molecular weight is 128 g/mol. The van der Waals surface area contributed by atoms with Gasteiger partial charge in [0.2, 0.25) is 0 Å². The van der Waals surface area contributed by atoms with Crippen molar-refractivity contribution in [2.75, 3.05) is 0 Å². The molecule has 0 nitrogen and oxygen atoms in total. The molecule has 0 saturated carbocycles. The molecule has 52 valence electrons. The van der Waals surface area contributed by atoms with Crippen LogP contribution in [0.5, 0.6) is 0 Å². The van der Waals surface area contributed by atoms with E-state index in [1.165, 1.54) is 0 Å². The van der Waals surface area contributed by atoms with Crippen LogP contribution in [-0.2, 0) is 0 Å².